The van der Waals surface area contributed by atoms with Crippen LogP contribution in [0.25, 0.3) is 0 Å². The van der Waals surface area contributed by atoms with E-state index in [1.54, 1.807) is 18.2 Å². The number of amides is 1. The van der Waals surface area contributed by atoms with Crippen molar-refractivity contribution in [1.29, 1.82) is 0 Å². The van der Waals surface area contributed by atoms with Crippen LogP contribution >= 0.6 is 0 Å². The molecule has 6 heteroatoms. The van der Waals surface area contributed by atoms with Gasteiger partial charge in [0.2, 0.25) is 5.91 Å². The van der Waals surface area contributed by atoms with Crippen molar-refractivity contribution in [3.63, 3.8) is 0 Å². The summed E-state index contributed by atoms with van der Waals surface area (Å²) in [6.45, 7) is 2.09. The number of hydrogen-bond acceptors (Lipinski definition) is 4. The molecule has 0 atom stereocenters. The first kappa shape index (κ1) is 15.8. The molecule has 0 heterocycles. The van der Waals surface area contributed by atoms with Crippen molar-refractivity contribution in [3.8, 4) is 5.75 Å². The lowest BCUT2D eigenvalue weighted by molar-refractivity contribution is -0.116. The molecule has 0 radical (unpaired) electrons. The number of benzene rings is 1. The Morgan fingerprint density at radius 1 is 1.45 bits per heavy atom. The SMILES string of the molecule is CCCCCC(=O)Nc1ccc(/C(N)=N/O)cc1OC. The number of methoxy groups -OCH3 is 1. The maximum absolute atomic E-state index is 11.8. The Morgan fingerprint density at radius 2 is 2.20 bits per heavy atom. The van der Waals surface area contributed by atoms with E-state index in [0.29, 0.717) is 23.4 Å². The largest absolute Gasteiger partial charge is 0.495 e. The molecule has 0 unspecified atom stereocenters. The third kappa shape index (κ3) is 4.46. The van der Waals surface area contributed by atoms with Gasteiger partial charge in [-0.05, 0) is 24.6 Å². The van der Waals surface area contributed by atoms with Crippen molar-refractivity contribution >= 4 is 17.4 Å². The number of oxime groups is 1. The standard InChI is InChI=1S/C14H21N3O3/c1-3-4-5-6-13(18)16-11-8-7-10(14(15)17-19)9-12(11)20-2/h7-9,19H,3-6H2,1-2H3,(H2,15,17)(H,16,18). The highest BCUT2D eigenvalue weighted by molar-refractivity contribution is 5.99. The molecule has 0 aliphatic carbocycles. The second-order valence-electron chi connectivity index (χ2n) is 4.41. The highest BCUT2D eigenvalue weighted by Gasteiger charge is 2.10. The first-order valence-electron chi connectivity index (χ1n) is 6.58. The molecule has 0 aliphatic heterocycles. The van der Waals surface area contributed by atoms with Gasteiger partial charge in [-0.2, -0.15) is 0 Å². The number of hydrogen-bond donors (Lipinski definition) is 3. The van der Waals surface area contributed by atoms with E-state index in [4.69, 9.17) is 15.7 Å². The first-order chi connectivity index (χ1) is 9.62. The number of nitrogens with one attached hydrogen (secondary N) is 1. The van der Waals surface area contributed by atoms with Crippen LogP contribution in [0.1, 0.15) is 38.2 Å². The zero-order valence-corrected chi connectivity index (χ0v) is 11.8. The first-order valence-corrected chi connectivity index (χ1v) is 6.58. The second-order valence-corrected chi connectivity index (χ2v) is 4.41. The molecule has 0 aliphatic rings. The molecule has 1 aromatic rings. The van der Waals surface area contributed by atoms with Crippen LogP contribution in [0.2, 0.25) is 0 Å². The summed E-state index contributed by atoms with van der Waals surface area (Å²) in [5.41, 5.74) is 6.60. The third-order valence-corrected chi connectivity index (χ3v) is 2.89. The minimum atomic E-state index is -0.0479. The molecular formula is C14H21N3O3. The van der Waals surface area contributed by atoms with Gasteiger partial charge in [-0.25, -0.2) is 0 Å². The Labute approximate surface area is 118 Å². The van der Waals surface area contributed by atoms with Crippen molar-refractivity contribution in [2.75, 3.05) is 12.4 Å². The molecule has 4 N–H and O–H groups in total. The zero-order chi connectivity index (χ0) is 15.0. The van der Waals surface area contributed by atoms with Gasteiger partial charge in [0, 0.05) is 12.0 Å². The number of anilines is 1. The van der Waals surface area contributed by atoms with Gasteiger partial charge in [-0.15, -0.1) is 0 Å². The second kappa shape index (κ2) is 8.04. The zero-order valence-electron chi connectivity index (χ0n) is 11.8. The summed E-state index contributed by atoms with van der Waals surface area (Å²) in [4.78, 5) is 11.8. The van der Waals surface area contributed by atoms with Crippen LogP contribution < -0.4 is 15.8 Å². The van der Waals surface area contributed by atoms with E-state index in [2.05, 4.69) is 17.4 Å². The highest BCUT2D eigenvalue weighted by Crippen LogP contribution is 2.25. The van der Waals surface area contributed by atoms with Crippen molar-refractivity contribution in [2.24, 2.45) is 10.9 Å². The van der Waals surface area contributed by atoms with Crippen molar-refractivity contribution in [3.05, 3.63) is 23.8 Å². The van der Waals surface area contributed by atoms with Gasteiger partial charge in [0.05, 0.1) is 12.8 Å². The lowest BCUT2D eigenvalue weighted by atomic mass is 10.1. The fourth-order valence-corrected chi connectivity index (χ4v) is 1.76. The molecular weight excluding hydrogens is 258 g/mol. The summed E-state index contributed by atoms with van der Waals surface area (Å²) in [5.74, 6) is 0.412. The minimum absolute atomic E-state index is 0.0101. The highest BCUT2D eigenvalue weighted by atomic mass is 16.5. The number of amidine groups is 1. The molecule has 0 bridgehead atoms. The Hall–Kier alpha value is -2.24. The lowest BCUT2D eigenvalue weighted by Gasteiger charge is -2.11. The van der Waals surface area contributed by atoms with E-state index in [0.717, 1.165) is 19.3 Å². The molecule has 0 aromatic heterocycles. The molecule has 20 heavy (non-hydrogen) atoms. The van der Waals surface area contributed by atoms with Gasteiger partial charge >= 0.3 is 0 Å². The van der Waals surface area contributed by atoms with Gasteiger partial charge in [-0.1, -0.05) is 24.9 Å². The van der Waals surface area contributed by atoms with Gasteiger partial charge < -0.3 is 21.0 Å². The van der Waals surface area contributed by atoms with Crippen LogP contribution in [0.5, 0.6) is 5.75 Å². The van der Waals surface area contributed by atoms with E-state index in [1.807, 2.05) is 0 Å². The van der Waals surface area contributed by atoms with Crippen molar-refractivity contribution < 1.29 is 14.7 Å². The van der Waals surface area contributed by atoms with E-state index in [1.165, 1.54) is 7.11 Å². The quantitative estimate of drug-likeness (QED) is 0.234. The van der Waals surface area contributed by atoms with E-state index in [9.17, 15) is 4.79 Å². The van der Waals surface area contributed by atoms with Gasteiger partial charge in [0.15, 0.2) is 5.84 Å². The molecule has 0 fully saturated rings. The summed E-state index contributed by atoms with van der Waals surface area (Å²) < 4.78 is 5.20. The van der Waals surface area contributed by atoms with Crippen LogP contribution in [0.4, 0.5) is 5.69 Å². The fraction of sp³-hybridized carbons (Fsp3) is 0.429. The van der Waals surface area contributed by atoms with Crippen LogP contribution in [-0.4, -0.2) is 24.1 Å². The van der Waals surface area contributed by atoms with Crippen LogP contribution in [0, 0.1) is 0 Å². The average molecular weight is 279 g/mol. The Kier molecular flexibility index (Phi) is 6.36. The molecule has 0 spiro atoms. The van der Waals surface area contributed by atoms with Crippen LogP contribution in [-0.2, 0) is 4.79 Å². The smallest absolute Gasteiger partial charge is 0.224 e. The monoisotopic (exact) mass is 279 g/mol. The van der Waals surface area contributed by atoms with Gasteiger partial charge in [0.25, 0.3) is 0 Å². The summed E-state index contributed by atoms with van der Waals surface area (Å²) >= 11 is 0. The number of ether oxygens (including phenoxy) is 1. The Balaban J connectivity index is 2.77. The summed E-state index contributed by atoms with van der Waals surface area (Å²) in [7, 11) is 1.50. The Morgan fingerprint density at radius 3 is 2.80 bits per heavy atom. The average Bonchev–Trinajstić information content (AvgIpc) is 2.47. The number of nitrogens with zero attached hydrogens (tertiary/aromatic N) is 1. The lowest BCUT2D eigenvalue weighted by Crippen LogP contribution is -2.15. The fourth-order valence-electron chi connectivity index (χ4n) is 1.76. The molecule has 0 saturated carbocycles. The minimum Gasteiger partial charge on any atom is -0.495 e. The summed E-state index contributed by atoms with van der Waals surface area (Å²) in [5, 5.41) is 14.4. The number of carbonyl (C=O) groups is 1. The molecule has 1 aromatic carbocycles. The molecule has 1 amide bonds. The number of nitrogens with two attached hydrogens (primary N) is 1. The van der Waals surface area contributed by atoms with E-state index < -0.39 is 0 Å². The van der Waals surface area contributed by atoms with Crippen molar-refractivity contribution in [2.45, 2.75) is 32.6 Å². The number of carbonyl (C=O) groups excluding carboxylic acids is 1. The summed E-state index contributed by atoms with van der Waals surface area (Å²) in [6.07, 6.45) is 3.46. The molecule has 1 rings (SSSR count). The normalized spacial score (nSPS) is 11.2. The molecule has 0 saturated heterocycles. The molecule has 110 valence electrons. The topological polar surface area (TPSA) is 96.9 Å². The predicted octanol–water partition coefficient (Wildman–Crippen LogP) is 2.31. The van der Waals surface area contributed by atoms with Crippen molar-refractivity contribution in [1.82, 2.24) is 0 Å². The Bertz CT molecular complexity index is 487. The van der Waals surface area contributed by atoms with Gasteiger partial charge in [0.1, 0.15) is 5.75 Å². The third-order valence-electron chi connectivity index (χ3n) is 2.89. The predicted molar refractivity (Wildman–Crippen MR) is 78.3 cm³/mol. The van der Waals surface area contributed by atoms with Crippen LogP contribution in [0.3, 0.4) is 0 Å². The van der Waals surface area contributed by atoms with E-state index in [-0.39, 0.29) is 11.7 Å². The summed E-state index contributed by atoms with van der Waals surface area (Å²) in [6, 6.07) is 4.93. The van der Waals surface area contributed by atoms with E-state index >= 15 is 0 Å². The van der Waals surface area contributed by atoms with Gasteiger partial charge in [-0.3, -0.25) is 4.79 Å². The maximum atomic E-state index is 11.8. The maximum Gasteiger partial charge on any atom is 0.224 e. The molecule has 6 nitrogen and oxygen atoms in total. The van der Waals surface area contributed by atoms with Crippen LogP contribution in [0.15, 0.2) is 23.4 Å². The number of unbranched alkanes of at least 4 members (excludes halogenated alkanes) is 2. The number of rotatable bonds is 7.